The Morgan fingerprint density at radius 1 is 1.57 bits per heavy atom. The fourth-order valence-corrected chi connectivity index (χ4v) is 2.06. The zero-order valence-electron chi connectivity index (χ0n) is 8.32. The smallest absolute Gasteiger partial charge is 0.0740 e. The first-order valence-corrected chi connectivity index (χ1v) is 5.43. The molecule has 1 aromatic rings. The summed E-state index contributed by atoms with van der Waals surface area (Å²) in [6.45, 7) is 5.87. The lowest BCUT2D eigenvalue weighted by atomic mass is 10.0. The van der Waals surface area contributed by atoms with E-state index in [4.69, 9.17) is 5.21 Å². The molecule has 0 saturated heterocycles. The van der Waals surface area contributed by atoms with Gasteiger partial charge in [0.1, 0.15) is 0 Å². The molecule has 0 aliphatic rings. The highest BCUT2D eigenvalue weighted by Crippen LogP contribution is 2.27. The number of benzene rings is 1. The SMILES string of the molecule is C=C(C)c1c(/C=N/O)cccc1SC. The molecule has 0 fully saturated rings. The van der Waals surface area contributed by atoms with E-state index >= 15 is 0 Å². The van der Waals surface area contributed by atoms with Crippen LogP contribution >= 0.6 is 11.8 Å². The van der Waals surface area contributed by atoms with Gasteiger partial charge in [0.25, 0.3) is 0 Å². The van der Waals surface area contributed by atoms with Gasteiger partial charge in [-0.25, -0.2) is 0 Å². The molecule has 0 saturated carbocycles. The van der Waals surface area contributed by atoms with Gasteiger partial charge in [-0.05, 0) is 30.4 Å². The lowest BCUT2D eigenvalue weighted by Crippen LogP contribution is -1.92. The van der Waals surface area contributed by atoms with E-state index in [1.165, 1.54) is 6.21 Å². The Labute approximate surface area is 88.3 Å². The fraction of sp³-hybridized carbons (Fsp3) is 0.182. The van der Waals surface area contributed by atoms with Gasteiger partial charge in [-0.3, -0.25) is 0 Å². The van der Waals surface area contributed by atoms with Gasteiger partial charge in [0.2, 0.25) is 0 Å². The molecule has 0 unspecified atom stereocenters. The van der Waals surface area contributed by atoms with Crippen molar-refractivity contribution in [2.45, 2.75) is 11.8 Å². The van der Waals surface area contributed by atoms with Crippen LogP contribution in [0.25, 0.3) is 5.57 Å². The first-order chi connectivity index (χ1) is 6.70. The largest absolute Gasteiger partial charge is 0.411 e. The average Bonchev–Trinajstić information content (AvgIpc) is 2.17. The highest BCUT2D eigenvalue weighted by Gasteiger charge is 2.06. The lowest BCUT2D eigenvalue weighted by Gasteiger charge is -2.09. The Hall–Kier alpha value is -1.22. The van der Waals surface area contributed by atoms with Crippen molar-refractivity contribution in [3.8, 4) is 0 Å². The molecule has 0 aliphatic carbocycles. The third-order valence-corrected chi connectivity index (χ3v) is 2.68. The molecule has 2 nitrogen and oxygen atoms in total. The van der Waals surface area contributed by atoms with Crippen LogP contribution in [0, 0.1) is 0 Å². The predicted molar refractivity (Wildman–Crippen MR) is 62.3 cm³/mol. The summed E-state index contributed by atoms with van der Waals surface area (Å²) in [5.41, 5.74) is 2.93. The van der Waals surface area contributed by atoms with Crippen molar-refractivity contribution >= 4 is 23.5 Å². The van der Waals surface area contributed by atoms with Crippen molar-refractivity contribution in [2.75, 3.05) is 6.26 Å². The summed E-state index contributed by atoms with van der Waals surface area (Å²) in [7, 11) is 0. The van der Waals surface area contributed by atoms with Crippen LogP contribution in [0.15, 0.2) is 34.8 Å². The molecule has 0 aliphatic heterocycles. The second-order valence-corrected chi connectivity index (χ2v) is 3.80. The molecule has 0 amide bonds. The maximum absolute atomic E-state index is 8.52. The van der Waals surface area contributed by atoms with Crippen LogP contribution in [0.1, 0.15) is 18.1 Å². The number of hydrogen-bond donors (Lipinski definition) is 1. The van der Waals surface area contributed by atoms with Crippen LogP contribution in [-0.2, 0) is 0 Å². The predicted octanol–water partition coefficient (Wildman–Crippen LogP) is 3.25. The molecule has 0 bridgehead atoms. The van der Waals surface area contributed by atoms with E-state index in [1.807, 2.05) is 31.4 Å². The van der Waals surface area contributed by atoms with E-state index in [1.54, 1.807) is 11.8 Å². The molecule has 0 spiro atoms. The Bertz CT molecular complexity index is 372. The van der Waals surface area contributed by atoms with Gasteiger partial charge in [0, 0.05) is 10.5 Å². The minimum atomic E-state index is 0.895. The van der Waals surface area contributed by atoms with Crippen molar-refractivity contribution in [1.82, 2.24) is 0 Å². The van der Waals surface area contributed by atoms with Crippen molar-refractivity contribution in [3.63, 3.8) is 0 Å². The zero-order valence-corrected chi connectivity index (χ0v) is 9.14. The maximum atomic E-state index is 8.52. The molecule has 3 heteroatoms. The van der Waals surface area contributed by atoms with Gasteiger partial charge in [0.05, 0.1) is 6.21 Å². The monoisotopic (exact) mass is 207 g/mol. The first kappa shape index (κ1) is 10.9. The Balaban J connectivity index is 3.35. The van der Waals surface area contributed by atoms with Crippen LogP contribution in [0.2, 0.25) is 0 Å². The van der Waals surface area contributed by atoms with Gasteiger partial charge in [-0.2, -0.15) is 0 Å². The summed E-state index contributed by atoms with van der Waals surface area (Å²) in [5, 5.41) is 11.6. The Kier molecular flexibility index (Phi) is 3.77. The van der Waals surface area contributed by atoms with E-state index in [2.05, 4.69) is 11.7 Å². The summed E-state index contributed by atoms with van der Waals surface area (Å²) < 4.78 is 0. The van der Waals surface area contributed by atoms with Gasteiger partial charge < -0.3 is 5.21 Å². The standard InChI is InChI=1S/C11H13NOS/c1-8(2)11-9(7-12-13)5-4-6-10(11)14-3/h4-7,13H,1H2,2-3H3/b12-7+. The number of nitrogens with zero attached hydrogens (tertiary/aromatic N) is 1. The quantitative estimate of drug-likeness (QED) is 0.357. The summed E-state index contributed by atoms with van der Waals surface area (Å²) in [6, 6.07) is 5.88. The molecule has 1 rings (SSSR count). The van der Waals surface area contributed by atoms with E-state index in [-0.39, 0.29) is 0 Å². The minimum absolute atomic E-state index is 0.895. The number of allylic oxidation sites excluding steroid dienone is 1. The lowest BCUT2D eigenvalue weighted by molar-refractivity contribution is 0.322. The van der Waals surface area contributed by atoms with Crippen LogP contribution < -0.4 is 0 Å². The van der Waals surface area contributed by atoms with Crippen LogP contribution in [0.4, 0.5) is 0 Å². The van der Waals surface area contributed by atoms with Crippen molar-refractivity contribution in [1.29, 1.82) is 0 Å². The third-order valence-electron chi connectivity index (χ3n) is 1.90. The summed E-state index contributed by atoms with van der Waals surface area (Å²) in [6.07, 6.45) is 3.45. The van der Waals surface area contributed by atoms with Gasteiger partial charge in [0.15, 0.2) is 0 Å². The average molecular weight is 207 g/mol. The first-order valence-electron chi connectivity index (χ1n) is 4.21. The molecule has 0 radical (unpaired) electrons. The van der Waals surface area contributed by atoms with Gasteiger partial charge in [-0.15, -0.1) is 11.8 Å². The summed E-state index contributed by atoms with van der Waals surface area (Å²) in [4.78, 5) is 1.15. The van der Waals surface area contributed by atoms with E-state index in [0.29, 0.717) is 0 Å². The minimum Gasteiger partial charge on any atom is -0.411 e. The van der Waals surface area contributed by atoms with Gasteiger partial charge >= 0.3 is 0 Å². The second kappa shape index (κ2) is 4.86. The van der Waals surface area contributed by atoms with E-state index < -0.39 is 0 Å². The second-order valence-electron chi connectivity index (χ2n) is 2.95. The number of oxime groups is 1. The molecular formula is C11H13NOS. The molecule has 14 heavy (non-hydrogen) atoms. The third kappa shape index (κ3) is 2.17. The molecule has 1 aromatic carbocycles. The van der Waals surface area contributed by atoms with Crippen molar-refractivity contribution in [3.05, 3.63) is 35.9 Å². The van der Waals surface area contributed by atoms with Gasteiger partial charge in [-0.1, -0.05) is 23.9 Å². The van der Waals surface area contributed by atoms with Crippen molar-refractivity contribution < 1.29 is 5.21 Å². The normalized spacial score (nSPS) is 10.7. The van der Waals surface area contributed by atoms with E-state index in [9.17, 15) is 0 Å². The molecule has 0 heterocycles. The van der Waals surface area contributed by atoms with Crippen LogP contribution in [0.3, 0.4) is 0 Å². The summed E-state index contributed by atoms with van der Waals surface area (Å²) >= 11 is 1.66. The highest BCUT2D eigenvalue weighted by atomic mass is 32.2. The molecule has 0 aromatic heterocycles. The van der Waals surface area contributed by atoms with Crippen LogP contribution in [0.5, 0.6) is 0 Å². The number of rotatable bonds is 3. The zero-order chi connectivity index (χ0) is 10.6. The summed E-state index contributed by atoms with van der Waals surface area (Å²) in [5.74, 6) is 0. The van der Waals surface area contributed by atoms with E-state index in [0.717, 1.165) is 21.6 Å². The Morgan fingerprint density at radius 2 is 2.29 bits per heavy atom. The Morgan fingerprint density at radius 3 is 2.79 bits per heavy atom. The molecule has 0 atom stereocenters. The molecule has 1 N–H and O–H groups in total. The number of thioether (sulfide) groups is 1. The van der Waals surface area contributed by atoms with Crippen LogP contribution in [-0.4, -0.2) is 17.7 Å². The highest BCUT2D eigenvalue weighted by molar-refractivity contribution is 7.98. The van der Waals surface area contributed by atoms with Crippen molar-refractivity contribution in [2.24, 2.45) is 5.16 Å². The molecule has 74 valence electrons. The topological polar surface area (TPSA) is 32.6 Å². The fourth-order valence-electron chi connectivity index (χ4n) is 1.34. The maximum Gasteiger partial charge on any atom is 0.0740 e. The number of hydrogen-bond acceptors (Lipinski definition) is 3. The molecular weight excluding hydrogens is 194 g/mol.